The lowest BCUT2D eigenvalue weighted by Gasteiger charge is -2.02. The first-order chi connectivity index (χ1) is 7.86. The number of ketones is 1. The van der Waals surface area contributed by atoms with Gasteiger partial charge in [-0.05, 0) is 17.7 Å². The second-order valence-electron chi connectivity index (χ2n) is 3.38. The van der Waals surface area contributed by atoms with Gasteiger partial charge in [0.15, 0.2) is 5.76 Å². The van der Waals surface area contributed by atoms with Crippen molar-refractivity contribution < 1.29 is 13.9 Å². The van der Waals surface area contributed by atoms with Crippen molar-refractivity contribution in [2.24, 2.45) is 0 Å². The summed E-state index contributed by atoms with van der Waals surface area (Å²) in [6.45, 7) is 0.482. The second kappa shape index (κ2) is 5.28. The molecule has 3 heteroatoms. The summed E-state index contributed by atoms with van der Waals surface area (Å²) >= 11 is 0. The molecule has 0 saturated carbocycles. The quantitative estimate of drug-likeness (QED) is 0.721. The molecule has 1 heterocycles. The lowest BCUT2D eigenvalue weighted by molar-refractivity contribution is 0.0700. The number of Topliss-reactive ketones (excluding diaryl/α,β-unsaturated/α-hetero) is 1. The Hall–Kier alpha value is -1.87. The van der Waals surface area contributed by atoms with Crippen LogP contribution in [0.2, 0.25) is 0 Å². The zero-order chi connectivity index (χ0) is 11.2. The number of rotatable bonds is 5. The van der Waals surface area contributed by atoms with Crippen molar-refractivity contribution in [1.82, 2.24) is 0 Å². The lowest BCUT2D eigenvalue weighted by Crippen LogP contribution is -2.07. The molecule has 0 bridgehead atoms. The number of furan rings is 1. The van der Waals surface area contributed by atoms with Crippen LogP contribution in [0.4, 0.5) is 0 Å². The number of carbonyl (C=O) groups excluding carboxylic acids is 1. The van der Waals surface area contributed by atoms with Gasteiger partial charge in [0.1, 0.15) is 6.61 Å². The molecular formula is C13H12O3. The van der Waals surface area contributed by atoms with Gasteiger partial charge >= 0.3 is 0 Å². The van der Waals surface area contributed by atoms with Gasteiger partial charge in [0.25, 0.3) is 0 Å². The Bertz CT molecular complexity index is 431. The van der Waals surface area contributed by atoms with Crippen LogP contribution in [0.25, 0.3) is 0 Å². The molecule has 16 heavy (non-hydrogen) atoms. The molecule has 0 saturated heterocycles. The molecule has 0 amide bonds. The van der Waals surface area contributed by atoms with Gasteiger partial charge in [-0.15, -0.1) is 0 Å². The molecular weight excluding hydrogens is 204 g/mol. The SMILES string of the molecule is O=C(COCc1ccccc1)c1ccco1. The van der Waals surface area contributed by atoms with E-state index in [1.165, 1.54) is 6.26 Å². The van der Waals surface area contributed by atoms with Crippen LogP contribution in [0.15, 0.2) is 53.1 Å². The minimum Gasteiger partial charge on any atom is -0.461 e. The van der Waals surface area contributed by atoms with Crippen LogP contribution in [0.1, 0.15) is 16.1 Å². The van der Waals surface area contributed by atoms with Crippen LogP contribution in [0.5, 0.6) is 0 Å². The minimum absolute atomic E-state index is 0.0441. The summed E-state index contributed by atoms with van der Waals surface area (Å²) in [5, 5.41) is 0. The van der Waals surface area contributed by atoms with Crippen molar-refractivity contribution in [2.75, 3.05) is 6.61 Å². The highest BCUT2D eigenvalue weighted by atomic mass is 16.5. The van der Waals surface area contributed by atoms with E-state index in [0.29, 0.717) is 12.4 Å². The topological polar surface area (TPSA) is 39.4 Å². The Morgan fingerprint density at radius 3 is 2.62 bits per heavy atom. The normalized spacial score (nSPS) is 10.2. The molecule has 82 valence electrons. The highest BCUT2D eigenvalue weighted by Crippen LogP contribution is 2.04. The zero-order valence-electron chi connectivity index (χ0n) is 8.76. The third-order valence-electron chi connectivity index (χ3n) is 2.14. The van der Waals surface area contributed by atoms with Gasteiger partial charge in [0.2, 0.25) is 5.78 Å². The van der Waals surface area contributed by atoms with E-state index in [4.69, 9.17) is 9.15 Å². The van der Waals surface area contributed by atoms with Gasteiger partial charge < -0.3 is 9.15 Å². The molecule has 2 aromatic rings. The minimum atomic E-state index is -0.138. The van der Waals surface area contributed by atoms with E-state index in [9.17, 15) is 4.79 Å². The summed E-state index contributed by atoms with van der Waals surface area (Å²) in [4.78, 5) is 11.5. The molecule has 0 spiro atoms. The molecule has 0 aliphatic carbocycles. The number of benzene rings is 1. The molecule has 0 N–H and O–H groups in total. The molecule has 3 nitrogen and oxygen atoms in total. The number of hydrogen-bond donors (Lipinski definition) is 0. The first-order valence-electron chi connectivity index (χ1n) is 5.04. The van der Waals surface area contributed by atoms with Crippen LogP contribution in [0, 0.1) is 0 Å². The van der Waals surface area contributed by atoms with Gasteiger partial charge in [-0.3, -0.25) is 4.79 Å². The molecule has 1 aromatic carbocycles. The van der Waals surface area contributed by atoms with Crippen LogP contribution < -0.4 is 0 Å². The summed E-state index contributed by atoms with van der Waals surface area (Å²) in [7, 11) is 0. The number of carbonyl (C=O) groups is 1. The van der Waals surface area contributed by atoms with Gasteiger partial charge in [0.05, 0.1) is 12.9 Å². The maximum absolute atomic E-state index is 11.5. The lowest BCUT2D eigenvalue weighted by atomic mass is 10.2. The van der Waals surface area contributed by atoms with E-state index in [1.807, 2.05) is 30.3 Å². The van der Waals surface area contributed by atoms with E-state index in [0.717, 1.165) is 5.56 Å². The van der Waals surface area contributed by atoms with Crippen molar-refractivity contribution in [3.63, 3.8) is 0 Å². The summed E-state index contributed by atoms with van der Waals surface area (Å²) < 4.78 is 10.3. The molecule has 1 aromatic heterocycles. The van der Waals surface area contributed by atoms with Crippen molar-refractivity contribution in [3.05, 3.63) is 60.1 Å². The van der Waals surface area contributed by atoms with E-state index in [-0.39, 0.29) is 12.4 Å². The average Bonchev–Trinajstić information content (AvgIpc) is 2.84. The second-order valence-corrected chi connectivity index (χ2v) is 3.38. The van der Waals surface area contributed by atoms with Gasteiger partial charge in [-0.1, -0.05) is 30.3 Å². The highest BCUT2D eigenvalue weighted by Gasteiger charge is 2.08. The fraction of sp³-hybridized carbons (Fsp3) is 0.154. The zero-order valence-corrected chi connectivity index (χ0v) is 8.76. The predicted octanol–water partition coefficient (Wildman–Crippen LogP) is 2.68. The van der Waals surface area contributed by atoms with Crippen LogP contribution in [-0.4, -0.2) is 12.4 Å². The maximum Gasteiger partial charge on any atom is 0.223 e. The van der Waals surface area contributed by atoms with Gasteiger partial charge in [-0.2, -0.15) is 0 Å². The molecule has 2 rings (SSSR count). The Kier molecular flexibility index (Phi) is 3.51. The molecule has 0 atom stereocenters. The smallest absolute Gasteiger partial charge is 0.223 e. The summed E-state index contributed by atoms with van der Waals surface area (Å²) in [5.41, 5.74) is 1.05. The Labute approximate surface area is 93.7 Å². The predicted molar refractivity (Wildman–Crippen MR) is 59.1 cm³/mol. The van der Waals surface area contributed by atoms with Crippen molar-refractivity contribution in [3.8, 4) is 0 Å². The summed E-state index contributed by atoms with van der Waals surface area (Å²) in [6.07, 6.45) is 1.48. The first kappa shape index (κ1) is 10.6. The molecule has 0 radical (unpaired) electrons. The van der Waals surface area contributed by atoms with Gasteiger partial charge in [-0.25, -0.2) is 0 Å². The summed E-state index contributed by atoms with van der Waals surface area (Å²) in [5.74, 6) is 0.203. The third-order valence-corrected chi connectivity index (χ3v) is 2.14. The van der Waals surface area contributed by atoms with Crippen LogP contribution in [-0.2, 0) is 11.3 Å². The Balaban J connectivity index is 1.79. The fourth-order valence-electron chi connectivity index (χ4n) is 1.34. The van der Waals surface area contributed by atoms with Crippen molar-refractivity contribution >= 4 is 5.78 Å². The van der Waals surface area contributed by atoms with Crippen LogP contribution in [0.3, 0.4) is 0 Å². The first-order valence-corrected chi connectivity index (χ1v) is 5.04. The summed E-state index contributed by atoms with van der Waals surface area (Å²) in [6, 6.07) is 13.0. The van der Waals surface area contributed by atoms with E-state index >= 15 is 0 Å². The van der Waals surface area contributed by atoms with Gasteiger partial charge in [0, 0.05) is 0 Å². The van der Waals surface area contributed by atoms with E-state index in [2.05, 4.69) is 0 Å². The van der Waals surface area contributed by atoms with E-state index < -0.39 is 0 Å². The molecule has 0 unspecified atom stereocenters. The van der Waals surface area contributed by atoms with Crippen LogP contribution >= 0.6 is 0 Å². The monoisotopic (exact) mass is 216 g/mol. The third kappa shape index (κ3) is 2.81. The van der Waals surface area contributed by atoms with Crippen molar-refractivity contribution in [2.45, 2.75) is 6.61 Å². The fourth-order valence-corrected chi connectivity index (χ4v) is 1.34. The largest absolute Gasteiger partial charge is 0.461 e. The number of hydrogen-bond acceptors (Lipinski definition) is 3. The maximum atomic E-state index is 11.5. The van der Waals surface area contributed by atoms with E-state index in [1.54, 1.807) is 12.1 Å². The average molecular weight is 216 g/mol. The molecule has 0 aliphatic rings. The molecule has 0 fully saturated rings. The Morgan fingerprint density at radius 2 is 1.94 bits per heavy atom. The van der Waals surface area contributed by atoms with Crippen molar-refractivity contribution in [1.29, 1.82) is 0 Å². The highest BCUT2D eigenvalue weighted by molar-refractivity contribution is 5.94. The molecule has 0 aliphatic heterocycles. The standard InChI is InChI=1S/C13H12O3/c14-12(13-7-4-8-16-13)10-15-9-11-5-2-1-3-6-11/h1-8H,9-10H2. The number of ether oxygens (including phenoxy) is 1. The Morgan fingerprint density at radius 1 is 1.12 bits per heavy atom.